The largest absolute Gasteiger partial charge is 0.309 e. The number of para-hydroxylation sites is 5. The van der Waals surface area contributed by atoms with E-state index in [1.54, 1.807) is 0 Å². The van der Waals surface area contributed by atoms with Gasteiger partial charge < -0.3 is 13.5 Å². The Bertz CT molecular complexity index is 4530. The second kappa shape index (κ2) is 13.8. The first-order chi connectivity index (χ1) is 33.2. The van der Waals surface area contributed by atoms with Crippen LogP contribution in [0.15, 0.2) is 231 Å². The fourth-order valence-electron chi connectivity index (χ4n) is 11.5. The van der Waals surface area contributed by atoms with Gasteiger partial charge in [0, 0.05) is 43.9 Å². The van der Waals surface area contributed by atoms with Gasteiger partial charge in [-0.25, -0.2) is 0 Å². The third kappa shape index (κ3) is 5.15. The van der Waals surface area contributed by atoms with E-state index in [9.17, 15) is 0 Å². The molecule has 4 aromatic heterocycles. The zero-order valence-corrected chi connectivity index (χ0v) is 36.2. The Balaban J connectivity index is 0.854. The van der Waals surface area contributed by atoms with Crippen molar-refractivity contribution in [2.75, 3.05) is 0 Å². The molecular weight excluding hydrogens is 813 g/mol. The zero-order chi connectivity index (χ0) is 43.7. The number of aromatic nitrogens is 4. The fraction of sp³-hybridized carbons (Fsp3) is 0. The minimum atomic E-state index is 0.986. The Morgan fingerprint density at radius 3 is 1.30 bits per heavy atom. The van der Waals surface area contributed by atoms with E-state index in [4.69, 9.17) is 4.98 Å². The molecule has 0 spiro atoms. The highest BCUT2D eigenvalue weighted by molar-refractivity contribution is 6.26. The first-order valence-electron chi connectivity index (χ1n) is 23.0. The minimum Gasteiger partial charge on any atom is -0.309 e. The number of nitrogens with zero attached hydrogens (tertiary/aromatic N) is 4. The smallest absolute Gasteiger partial charge is 0.0871 e. The quantitative estimate of drug-likeness (QED) is 0.162. The summed E-state index contributed by atoms with van der Waals surface area (Å²) in [6, 6.07) is 82.5. The summed E-state index contributed by atoms with van der Waals surface area (Å²) in [4.78, 5) is 4.89. The van der Waals surface area contributed by atoms with Crippen LogP contribution < -0.4 is 0 Å². The lowest BCUT2D eigenvalue weighted by atomic mass is 9.94. The number of hydrogen-bond acceptors (Lipinski definition) is 1. The second-order valence-electron chi connectivity index (χ2n) is 17.9. The monoisotopic (exact) mass is 850 g/mol. The van der Waals surface area contributed by atoms with Gasteiger partial charge in [0.1, 0.15) is 0 Å². The molecule has 0 saturated heterocycles. The van der Waals surface area contributed by atoms with Gasteiger partial charge in [0.25, 0.3) is 0 Å². The third-order valence-electron chi connectivity index (χ3n) is 14.4. The van der Waals surface area contributed by atoms with Crippen LogP contribution in [0, 0.1) is 0 Å². The van der Waals surface area contributed by atoms with Crippen LogP contribution in [0.3, 0.4) is 0 Å². The summed E-state index contributed by atoms with van der Waals surface area (Å²) < 4.78 is 7.21. The number of rotatable bonds is 4. The molecule has 0 N–H and O–H groups in total. The molecule has 4 heterocycles. The lowest BCUT2D eigenvalue weighted by molar-refractivity contribution is 1.18. The molecule has 15 aromatic rings. The van der Waals surface area contributed by atoms with Gasteiger partial charge in [-0.05, 0) is 128 Å². The van der Waals surface area contributed by atoms with E-state index in [2.05, 4.69) is 238 Å². The maximum Gasteiger partial charge on any atom is 0.0871 e. The van der Waals surface area contributed by atoms with Gasteiger partial charge >= 0.3 is 0 Å². The van der Waals surface area contributed by atoms with Crippen LogP contribution in [-0.2, 0) is 0 Å². The summed E-state index contributed by atoms with van der Waals surface area (Å²) in [7, 11) is 0. The third-order valence-corrected chi connectivity index (χ3v) is 14.4. The van der Waals surface area contributed by atoms with Crippen LogP contribution in [0.1, 0.15) is 0 Å². The summed E-state index contributed by atoms with van der Waals surface area (Å²) in [6.07, 6.45) is 2.03. The van der Waals surface area contributed by atoms with Gasteiger partial charge in [0.15, 0.2) is 0 Å². The molecule has 0 fully saturated rings. The molecule has 0 radical (unpaired) electrons. The molecule has 310 valence electrons. The van der Waals surface area contributed by atoms with Gasteiger partial charge in [-0.3, -0.25) is 4.98 Å². The Morgan fingerprint density at radius 1 is 0.254 bits per heavy atom. The first kappa shape index (κ1) is 36.4. The van der Waals surface area contributed by atoms with Crippen molar-refractivity contribution in [2.24, 2.45) is 0 Å². The first-order valence-corrected chi connectivity index (χ1v) is 23.0. The molecule has 11 aromatic carbocycles. The summed E-state index contributed by atoms with van der Waals surface area (Å²) in [6.45, 7) is 0. The predicted molar refractivity (Wildman–Crippen MR) is 282 cm³/mol. The summed E-state index contributed by atoms with van der Waals surface area (Å²) in [5.41, 5.74) is 16.2. The molecule has 0 saturated carbocycles. The molecule has 67 heavy (non-hydrogen) atoms. The highest BCUT2D eigenvalue weighted by Crippen LogP contribution is 2.42. The van der Waals surface area contributed by atoms with Crippen LogP contribution in [0.2, 0.25) is 0 Å². The summed E-state index contributed by atoms with van der Waals surface area (Å²) in [5.74, 6) is 0. The van der Waals surface area contributed by atoms with E-state index in [-0.39, 0.29) is 0 Å². The molecular formula is C63H38N4. The number of fused-ring (bicyclic) bond motifs is 17. The molecule has 0 amide bonds. The SMILES string of the molecule is c1ccc2c(c1)ncc1c(-c3ccc(-n4c5ccccc5c5cc(-c6ccc7c(c6)c6ccccc6n7-c6ccc7c8ccccc8c8ccccc8c7c6)ccc54)cc3)c3ccccc3n12. The van der Waals surface area contributed by atoms with E-state index >= 15 is 0 Å². The minimum absolute atomic E-state index is 0.986. The second-order valence-corrected chi connectivity index (χ2v) is 17.9. The topological polar surface area (TPSA) is 27.2 Å². The van der Waals surface area contributed by atoms with Crippen LogP contribution in [0.25, 0.3) is 137 Å². The number of hydrogen-bond donors (Lipinski definition) is 0. The van der Waals surface area contributed by atoms with Crippen molar-refractivity contribution >= 4 is 103 Å². The van der Waals surface area contributed by atoms with Crippen molar-refractivity contribution in [3.05, 3.63) is 231 Å². The normalized spacial score (nSPS) is 12.2. The average Bonchev–Trinajstić information content (AvgIpc) is 4.04. The zero-order valence-electron chi connectivity index (χ0n) is 36.2. The van der Waals surface area contributed by atoms with Crippen LogP contribution >= 0.6 is 0 Å². The standard InChI is InChI=1S/C63H38N4/c1-2-15-46-44(13-1)45-14-3-4-16-47(45)52-37-43(31-32-48(46)52)66-57-22-10-6-18-50(57)54-36-41(28-34-60(54)66)40-27-33-59-53(35-40)49-17-5-9-21-56(49)65(59)42-29-25-39(26-30-42)63-51-19-7-11-23-58(51)67-61-24-12-8-20-55(61)64-38-62(63)67/h1-38H. The number of benzene rings is 11. The van der Waals surface area contributed by atoms with Crippen LogP contribution in [0.5, 0.6) is 0 Å². The van der Waals surface area contributed by atoms with Crippen LogP contribution in [0.4, 0.5) is 0 Å². The van der Waals surface area contributed by atoms with E-state index in [0.29, 0.717) is 0 Å². The van der Waals surface area contributed by atoms with Gasteiger partial charge in [-0.15, -0.1) is 0 Å². The van der Waals surface area contributed by atoms with Crippen molar-refractivity contribution in [2.45, 2.75) is 0 Å². The Kier molecular flexibility index (Phi) is 7.47. The lowest BCUT2D eigenvalue weighted by Gasteiger charge is -2.14. The highest BCUT2D eigenvalue weighted by atomic mass is 15.0. The molecule has 0 aliphatic heterocycles. The maximum absolute atomic E-state index is 4.89. The maximum atomic E-state index is 4.89. The molecule has 0 bridgehead atoms. The molecule has 15 rings (SSSR count). The van der Waals surface area contributed by atoms with E-state index in [0.717, 1.165) is 27.9 Å². The van der Waals surface area contributed by atoms with Crippen molar-refractivity contribution in [3.63, 3.8) is 0 Å². The molecule has 0 aliphatic rings. The van der Waals surface area contributed by atoms with Crippen molar-refractivity contribution in [1.29, 1.82) is 0 Å². The Hall–Kier alpha value is -8.99. The van der Waals surface area contributed by atoms with Crippen molar-refractivity contribution in [3.8, 4) is 33.6 Å². The van der Waals surface area contributed by atoms with E-state index in [1.165, 1.54) is 109 Å². The molecule has 0 aliphatic carbocycles. The lowest BCUT2D eigenvalue weighted by Crippen LogP contribution is -1.94. The molecule has 0 atom stereocenters. The van der Waals surface area contributed by atoms with Gasteiger partial charge in [0.05, 0.1) is 50.3 Å². The Morgan fingerprint density at radius 2 is 0.687 bits per heavy atom. The van der Waals surface area contributed by atoms with Crippen molar-refractivity contribution < 1.29 is 0 Å². The molecule has 0 unspecified atom stereocenters. The fourth-order valence-corrected chi connectivity index (χ4v) is 11.5. The van der Waals surface area contributed by atoms with E-state index in [1.807, 2.05) is 6.20 Å². The van der Waals surface area contributed by atoms with Crippen molar-refractivity contribution in [1.82, 2.24) is 18.5 Å². The van der Waals surface area contributed by atoms with Crippen LogP contribution in [-0.4, -0.2) is 18.5 Å². The van der Waals surface area contributed by atoms with Gasteiger partial charge in [0.2, 0.25) is 0 Å². The summed E-state index contributed by atoms with van der Waals surface area (Å²) in [5, 5.41) is 13.9. The highest BCUT2D eigenvalue weighted by Gasteiger charge is 2.19. The van der Waals surface area contributed by atoms with Gasteiger partial charge in [-0.2, -0.15) is 0 Å². The molecule has 4 heteroatoms. The van der Waals surface area contributed by atoms with Gasteiger partial charge in [-0.1, -0.05) is 146 Å². The Labute approximate surface area is 384 Å². The summed E-state index contributed by atoms with van der Waals surface area (Å²) >= 11 is 0. The van der Waals surface area contributed by atoms with E-state index < -0.39 is 0 Å². The molecule has 4 nitrogen and oxygen atoms in total. The predicted octanol–water partition coefficient (Wildman–Crippen LogP) is 16.6. The average molecular weight is 851 g/mol.